The number of aryl methyl sites for hydroxylation is 1. The van der Waals surface area contributed by atoms with Crippen molar-refractivity contribution in [1.29, 1.82) is 0 Å². The molecule has 5 heteroatoms. The van der Waals surface area contributed by atoms with Gasteiger partial charge in [0, 0.05) is 37.4 Å². The average molecular weight is 328 g/mol. The molecule has 1 heterocycles. The SMILES string of the molecule is CC(C)(C)OC(=O)N1CCN(c2ccc3c(c2)CCC3=C=O)CC1. The normalized spacial score (nSPS) is 17.5. The van der Waals surface area contributed by atoms with Gasteiger partial charge in [-0.1, -0.05) is 6.07 Å². The summed E-state index contributed by atoms with van der Waals surface area (Å²) in [4.78, 5) is 27.1. The Kier molecular flexibility index (Phi) is 4.37. The molecule has 0 unspecified atom stereocenters. The van der Waals surface area contributed by atoms with Crippen LogP contribution in [-0.2, 0) is 16.0 Å². The first-order valence-electron chi connectivity index (χ1n) is 8.47. The molecule has 5 nitrogen and oxygen atoms in total. The number of carbonyl (C=O) groups excluding carboxylic acids is 2. The van der Waals surface area contributed by atoms with Gasteiger partial charge in [0.2, 0.25) is 0 Å². The molecule has 0 spiro atoms. The number of fused-ring (bicyclic) bond motifs is 1. The molecule has 1 fully saturated rings. The van der Waals surface area contributed by atoms with Crippen LogP contribution < -0.4 is 4.90 Å². The van der Waals surface area contributed by atoms with E-state index in [9.17, 15) is 9.59 Å². The fraction of sp³-hybridized carbons (Fsp3) is 0.526. The summed E-state index contributed by atoms with van der Waals surface area (Å²) in [7, 11) is 0. The van der Waals surface area contributed by atoms with Crippen LogP contribution in [0.25, 0.3) is 5.57 Å². The molecule has 128 valence electrons. The lowest BCUT2D eigenvalue weighted by Gasteiger charge is -2.37. The minimum absolute atomic E-state index is 0.239. The third-order valence-corrected chi connectivity index (χ3v) is 4.48. The summed E-state index contributed by atoms with van der Waals surface area (Å²) in [5, 5.41) is 0. The van der Waals surface area contributed by atoms with E-state index in [4.69, 9.17) is 4.74 Å². The fourth-order valence-corrected chi connectivity index (χ4v) is 3.25. The van der Waals surface area contributed by atoms with E-state index in [-0.39, 0.29) is 6.09 Å². The monoisotopic (exact) mass is 328 g/mol. The van der Waals surface area contributed by atoms with Crippen molar-refractivity contribution in [2.45, 2.75) is 39.2 Å². The Balaban J connectivity index is 1.63. The first-order chi connectivity index (χ1) is 11.4. The number of piperazine rings is 1. The second-order valence-electron chi connectivity index (χ2n) is 7.38. The summed E-state index contributed by atoms with van der Waals surface area (Å²) in [5.41, 5.74) is 3.75. The highest BCUT2D eigenvalue weighted by atomic mass is 16.6. The topological polar surface area (TPSA) is 49.9 Å². The van der Waals surface area contributed by atoms with Gasteiger partial charge < -0.3 is 14.5 Å². The molecular formula is C19H24N2O3. The highest BCUT2D eigenvalue weighted by Crippen LogP contribution is 2.33. The molecule has 2 aliphatic rings. The summed E-state index contributed by atoms with van der Waals surface area (Å²) in [6, 6.07) is 6.26. The molecule has 1 aliphatic heterocycles. The summed E-state index contributed by atoms with van der Waals surface area (Å²) in [6.07, 6.45) is 1.46. The second-order valence-corrected chi connectivity index (χ2v) is 7.38. The average Bonchev–Trinajstić information content (AvgIpc) is 2.95. The maximum atomic E-state index is 12.1. The molecule has 0 saturated carbocycles. The van der Waals surface area contributed by atoms with Crippen LogP contribution in [-0.4, -0.2) is 48.7 Å². The summed E-state index contributed by atoms with van der Waals surface area (Å²) < 4.78 is 5.43. The third kappa shape index (κ3) is 3.46. The first-order valence-corrected chi connectivity index (χ1v) is 8.47. The quantitative estimate of drug-likeness (QED) is 0.744. The Morgan fingerprint density at radius 1 is 1.12 bits per heavy atom. The van der Waals surface area contributed by atoms with Crippen LogP contribution in [0.5, 0.6) is 0 Å². The van der Waals surface area contributed by atoms with Crippen LogP contribution in [0, 0.1) is 0 Å². The number of rotatable bonds is 1. The minimum Gasteiger partial charge on any atom is -0.444 e. The van der Waals surface area contributed by atoms with Gasteiger partial charge in [-0.05, 0) is 56.9 Å². The molecule has 1 amide bonds. The smallest absolute Gasteiger partial charge is 0.410 e. The summed E-state index contributed by atoms with van der Waals surface area (Å²) in [6.45, 7) is 8.54. The van der Waals surface area contributed by atoms with E-state index >= 15 is 0 Å². The molecule has 1 aromatic carbocycles. The third-order valence-electron chi connectivity index (χ3n) is 4.48. The molecule has 1 saturated heterocycles. The Hall–Kier alpha value is -2.26. The summed E-state index contributed by atoms with van der Waals surface area (Å²) in [5.74, 6) is 2.05. The Labute approximate surface area is 142 Å². The molecule has 0 bridgehead atoms. The van der Waals surface area contributed by atoms with Gasteiger partial charge in [0.05, 0.1) is 0 Å². The van der Waals surface area contributed by atoms with E-state index in [1.807, 2.05) is 26.8 Å². The maximum absolute atomic E-state index is 12.1. The van der Waals surface area contributed by atoms with Crippen LogP contribution in [0.15, 0.2) is 18.2 Å². The molecule has 0 radical (unpaired) electrons. The molecule has 0 atom stereocenters. The molecular weight excluding hydrogens is 304 g/mol. The number of amides is 1. The molecule has 0 N–H and O–H groups in total. The van der Waals surface area contributed by atoms with Gasteiger partial charge in [-0.2, -0.15) is 0 Å². The van der Waals surface area contributed by atoms with Crippen molar-refractivity contribution in [2.75, 3.05) is 31.1 Å². The Bertz CT molecular complexity index is 691. The standard InChI is InChI=1S/C19H24N2O3/c1-19(2,3)24-18(23)21-10-8-20(9-11-21)16-6-7-17-14(12-16)4-5-15(17)13-22/h6-7,12H,4-5,8-11H2,1-3H3. The number of benzene rings is 1. The van der Waals surface area contributed by atoms with Crippen molar-refractivity contribution >= 4 is 23.3 Å². The van der Waals surface area contributed by atoms with Gasteiger partial charge >= 0.3 is 6.09 Å². The van der Waals surface area contributed by atoms with Gasteiger partial charge in [0.1, 0.15) is 11.5 Å². The lowest BCUT2D eigenvalue weighted by Crippen LogP contribution is -2.50. The zero-order valence-electron chi connectivity index (χ0n) is 14.6. The maximum Gasteiger partial charge on any atom is 0.410 e. The number of anilines is 1. The number of hydrogen-bond donors (Lipinski definition) is 0. The Morgan fingerprint density at radius 3 is 2.46 bits per heavy atom. The zero-order valence-corrected chi connectivity index (χ0v) is 14.6. The second kappa shape index (κ2) is 6.33. The fourth-order valence-electron chi connectivity index (χ4n) is 3.25. The lowest BCUT2D eigenvalue weighted by molar-refractivity contribution is 0.0240. The highest BCUT2D eigenvalue weighted by molar-refractivity contribution is 5.91. The van der Waals surface area contributed by atoms with Crippen LogP contribution in [0.3, 0.4) is 0 Å². The van der Waals surface area contributed by atoms with E-state index in [1.54, 1.807) is 4.90 Å². The van der Waals surface area contributed by atoms with Crippen LogP contribution in [0.1, 0.15) is 38.3 Å². The van der Waals surface area contributed by atoms with Crippen LogP contribution in [0.4, 0.5) is 10.5 Å². The van der Waals surface area contributed by atoms with Crippen molar-refractivity contribution in [3.8, 4) is 0 Å². The summed E-state index contributed by atoms with van der Waals surface area (Å²) >= 11 is 0. The number of ether oxygens (including phenoxy) is 1. The van der Waals surface area contributed by atoms with Crippen molar-refractivity contribution in [3.05, 3.63) is 29.3 Å². The molecule has 1 aromatic rings. The van der Waals surface area contributed by atoms with Crippen molar-refractivity contribution < 1.29 is 14.3 Å². The van der Waals surface area contributed by atoms with E-state index in [0.29, 0.717) is 13.1 Å². The van der Waals surface area contributed by atoms with E-state index in [2.05, 4.69) is 23.0 Å². The Morgan fingerprint density at radius 2 is 1.83 bits per heavy atom. The largest absolute Gasteiger partial charge is 0.444 e. The number of carbonyl (C=O) groups is 1. The van der Waals surface area contributed by atoms with Crippen LogP contribution in [0.2, 0.25) is 0 Å². The van der Waals surface area contributed by atoms with Gasteiger partial charge in [-0.25, -0.2) is 9.59 Å². The van der Waals surface area contributed by atoms with E-state index in [0.717, 1.165) is 42.8 Å². The van der Waals surface area contributed by atoms with E-state index < -0.39 is 5.60 Å². The molecule has 3 rings (SSSR count). The van der Waals surface area contributed by atoms with Crippen molar-refractivity contribution in [1.82, 2.24) is 4.90 Å². The van der Waals surface area contributed by atoms with Gasteiger partial charge in [0.15, 0.2) is 0 Å². The molecule has 24 heavy (non-hydrogen) atoms. The number of nitrogens with zero attached hydrogens (tertiary/aromatic N) is 2. The highest BCUT2D eigenvalue weighted by Gasteiger charge is 2.26. The van der Waals surface area contributed by atoms with Crippen LogP contribution >= 0.6 is 0 Å². The zero-order chi connectivity index (χ0) is 17.3. The number of allylic oxidation sites excluding steroid dienone is 1. The van der Waals surface area contributed by atoms with Crippen molar-refractivity contribution in [3.63, 3.8) is 0 Å². The van der Waals surface area contributed by atoms with Gasteiger partial charge in [-0.3, -0.25) is 0 Å². The lowest BCUT2D eigenvalue weighted by atomic mass is 10.1. The minimum atomic E-state index is -0.460. The van der Waals surface area contributed by atoms with E-state index in [1.165, 1.54) is 5.56 Å². The van der Waals surface area contributed by atoms with Gasteiger partial charge in [0.25, 0.3) is 0 Å². The molecule has 0 aromatic heterocycles. The predicted molar refractivity (Wildman–Crippen MR) is 93.9 cm³/mol. The first kappa shape index (κ1) is 16.6. The van der Waals surface area contributed by atoms with Gasteiger partial charge in [-0.15, -0.1) is 0 Å². The predicted octanol–water partition coefficient (Wildman–Crippen LogP) is 2.90. The van der Waals surface area contributed by atoms with Crippen molar-refractivity contribution in [2.24, 2.45) is 0 Å². The number of hydrogen-bond acceptors (Lipinski definition) is 4. The molecule has 1 aliphatic carbocycles.